The number of anilines is 1. The lowest BCUT2D eigenvalue weighted by Gasteiger charge is -2.40. The number of rotatable bonds is 6. The van der Waals surface area contributed by atoms with E-state index < -0.39 is 0 Å². The summed E-state index contributed by atoms with van der Waals surface area (Å²) in [5.74, 6) is 1.17. The van der Waals surface area contributed by atoms with Crippen molar-refractivity contribution in [3.05, 3.63) is 46.6 Å². The largest absolute Gasteiger partial charge is 0.353 e. The number of amides is 2. The standard InChI is InChI=1S/C28H39ClN6O2S/c1-6-32-11-13-33(14-12-32)25(36)19-38-27-30-23(29)17-24(31-27)34-15-16-35(20(2)18-34)26(37)21-7-9-22(10-8-21)28(3,4)5/h7-10,17,20H,6,11-16,18-19H2,1-5H3. The van der Waals surface area contributed by atoms with Crippen LogP contribution in [-0.2, 0) is 10.2 Å². The average Bonchev–Trinajstić information content (AvgIpc) is 2.90. The molecule has 4 rings (SSSR count). The number of piperazine rings is 2. The topological polar surface area (TPSA) is 72.9 Å². The normalized spacial score (nSPS) is 19.1. The molecular formula is C28H39ClN6O2S. The second-order valence-electron chi connectivity index (χ2n) is 11.1. The summed E-state index contributed by atoms with van der Waals surface area (Å²) in [4.78, 5) is 43.4. The van der Waals surface area contributed by atoms with Crippen LogP contribution >= 0.6 is 23.4 Å². The third-order valence-corrected chi connectivity index (χ3v) is 8.39. The fraction of sp³-hybridized carbons (Fsp3) is 0.571. The van der Waals surface area contributed by atoms with E-state index in [0.717, 1.165) is 38.5 Å². The average molecular weight is 559 g/mol. The van der Waals surface area contributed by atoms with Crippen LogP contribution in [0, 0.1) is 0 Å². The molecule has 206 valence electrons. The Kier molecular flexibility index (Phi) is 9.21. The van der Waals surface area contributed by atoms with E-state index in [4.69, 9.17) is 16.6 Å². The minimum atomic E-state index is 0.00625. The van der Waals surface area contributed by atoms with Crippen LogP contribution in [0.15, 0.2) is 35.5 Å². The molecule has 2 fully saturated rings. The maximum Gasteiger partial charge on any atom is 0.254 e. The lowest BCUT2D eigenvalue weighted by Crippen LogP contribution is -2.54. The zero-order valence-electron chi connectivity index (χ0n) is 23.1. The van der Waals surface area contributed by atoms with Gasteiger partial charge in [0.05, 0.1) is 5.75 Å². The molecule has 0 bridgehead atoms. The van der Waals surface area contributed by atoms with Crippen molar-refractivity contribution in [1.82, 2.24) is 24.7 Å². The van der Waals surface area contributed by atoms with Crippen LogP contribution in [0.25, 0.3) is 0 Å². The number of hydrogen-bond donors (Lipinski definition) is 0. The third kappa shape index (κ3) is 6.98. The van der Waals surface area contributed by atoms with Crippen molar-refractivity contribution < 1.29 is 9.59 Å². The molecule has 0 aliphatic carbocycles. The predicted octanol–water partition coefficient (Wildman–Crippen LogP) is 4.03. The van der Waals surface area contributed by atoms with Gasteiger partial charge in [-0.2, -0.15) is 0 Å². The van der Waals surface area contributed by atoms with Crippen molar-refractivity contribution in [2.45, 2.75) is 51.2 Å². The zero-order valence-corrected chi connectivity index (χ0v) is 24.7. The molecule has 2 aliphatic heterocycles. The van der Waals surface area contributed by atoms with Gasteiger partial charge in [-0.15, -0.1) is 0 Å². The van der Waals surface area contributed by atoms with E-state index in [1.165, 1.54) is 17.3 Å². The number of nitrogens with zero attached hydrogens (tertiary/aromatic N) is 6. The molecule has 1 aromatic carbocycles. The van der Waals surface area contributed by atoms with Gasteiger partial charge in [0.25, 0.3) is 5.91 Å². The summed E-state index contributed by atoms with van der Waals surface area (Å²) in [5, 5.41) is 0.852. The van der Waals surface area contributed by atoms with Gasteiger partial charge in [-0.05, 0) is 36.6 Å². The van der Waals surface area contributed by atoms with Crippen molar-refractivity contribution in [1.29, 1.82) is 0 Å². The van der Waals surface area contributed by atoms with Crippen molar-refractivity contribution in [3.63, 3.8) is 0 Å². The van der Waals surface area contributed by atoms with Gasteiger partial charge in [0.1, 0.15) is 11.0 Å². The molecule has 0 spiro atoms. The van der Waals surface area contributed by atoms with Crippen molar-refractivity contribution in [3.8, 4) is 0 Å². The van der Waals surface area contributed by atoms with Crippen molar-refractivity contribution in [2.24, 2.45) is 0 Å². The molecule has 0 radical (unpaired) electrons. The van der Waals surface area contributed by atoms with E-state index in [9.17, 15) is 9.59 Å². The number of aromatic nitrogens is 2. The summed E-state index contributed by atoms with van der Waals surface area (Å²) in [6, 6.07) is 9.72. The highest BCUT2D eigenvalue weighted by molar-refractivity contribution is 7.99. The van der Waals surface area contributed by atoms with Gasteiger partial charge in [-0.25, -0.2) is 9.97 Å². The number of carbonyl (C=O) groups excluding carboxylic acids is 2. The number of benzene rings is 1. The SMILES string of the molecule is CCN1CCN(C(=O)CSc2nc(Cl)cc(N3CCN(C(=O)c4ccc(C(C)(C)C)cc4)C(C)C3)n2)CC1. The van der Waals surface area contributed by atoms with E-state index in [0.29, 0.717) is 41.3 Å². The van der Waals surface area contributed by atoms with Gasteiger partial charge in [-0.1, -0.05) is 63.2 Å². The Morgan fingerprint density at radius 2 is 1.71 bits per heavy atom. The highest BCUT2D eigenvalue weighted by Gasteiger charge is 2.29. The van der Waals surface area contributed by atoms with E-state index in [2.05, 4.69) is 49.4 Å². The number of thioether (sulfide) groups is 1. The molecule has 2 saturated heterocycles. The number of hydrogen-bond acceptors (Lipinski definition) is 7. The molecule has 2 aliphatic rings. The Hall–Kier alpha value is -2.36. The molecule has 1 atom stereocenters. The summed E-state index contributed by atoms with van der Waals surface area (Å²) >= 11 is 7.67. The minimum absolute atomic E-state index is 0.00625. The fourth-order valence-corrected chi connectivity index (χ4v) is 5.87. The highest BCUT2D eigenvalue weighted by atomic mass is 35.5. The molecule has 8 nitrogen and oxygen atoms in total. The smallest absolute Gasteiger partial charge is 0.254 e. The van der Waals surface area contributed by atoms with Crippen LogP contribution in [0.2, 0.25) is 5.15 Å². The Morgan fingerprint density at radius 1 is 1.03 bits per heavy atom. The summed E-state index contributed by atoms with van der Waals surface area (Å²) in [7, 11) is 0. The van der Waals surface area contributed by atoms with E-state index >= 15 is 0 Å². The predicted molar refractivity (Wildman–Crippen MR) is 154 cm³/mol. The van der Waals surface area contributed by atoms with Crippen LogP contribution in [-0.4, -0.2) is 101 Å². The lowest BCUT2D eigenvalue weighted by molar-refractivity contribution is -0.130. The molecule has 2 amide bonds. The van der Waals surface area contributed by atoms with Gasteiger partial charge in [0, 0.05) is 63.5 Å². The highest BCUT2D eigenvalue weighted by Crippen LogP contribution is 2.26. The van der Waals surface area contributed by atoms with Gasteiger partial charge in [0.2, 0.25) is 5.91 Å². The van der Waals surface area contributed by atoms with E-state index in [1.54, 1.807) is 6.07 Å². The molecule has 0 N–H and O–H groups in total. The maximum atomic E-state index is 13.3. The summed E-state index contributed by atoms with van der Waals surface area (Å²) in [6.07, 6.45) is 0. The first-order chi connectivity index (χ1) is 18.0. The van der Waals surface area contributed by atoms with E-state index in [-0.39, 0.29) is 23.3 Å². The molecule has 1 aromatic heterocycles. The fourth-order valence-electron chi connectivity index (χ4n) is 4.89. The van der Waals surface area contributed by atoms with Crippen LogP contribution < -0.4 is 4.90 Å². The second kappa shape index (κ2) is 12.2. The van der Waals surface area contributed by atoms with Crippen LogP contribution in [0.5, 0.6) is 0 Å². The summed E-state index contributed by atoms with van der Waals surface area (Å²) in [5.41, 5.74) is 1.97. The van der Waals surface area contributed by atoms with Crippen LogP contribution in [0.3, 0.4) is 0 Å². The Balaban J connectivity index is 1.35. The maximum absolute atomic E-state index is 13.3. The second-order valence-corrected chi connectivity index (χ2v) is 12.4. The first kappa shape index (κ1) is 28.6. The Labute approximate surface area is 235 Å². The molecule has 2 aromatic rings. The third-order valence-electron chi connectivity index (χ3n) is 7.37. The first-order valence-electron chi connectivity index (χ1n) is 13.4. The monoisotopic (exact) mass is 558 g/mol. The number of likely N-dealkylation sites (N-methyl/N-ethyl adjacent to an activating group) is 1. The number of halogens is 1. The van der Waals surface area contributed by atoms with Crippen molar-refractivity contribution >= 4 is 41.0 Å². The van der Waals surface area contributed by atoms with Crippen LogP contribution in [0.4, 0.5) is 5.82 Å². The molecule has 10 heteroatoms. The molecule has 1 unspecified atom stereocenters. The molecular weight excluding hydrogens is 520 g/mol. The van der Waals surface area contributed by atoms with Crippen LogP contribution in [0.1, 0.15) is 50.5 Å². The van der Waals surface area contributed by atoms with E-state index in [1.807, 2.05) is 34.1 Å². The molecule has 0 saturated carbocycles. The number of carbonyl (C=O) groups is 2. The van der Waals surface area contributed by atoms with Gasteiger partial charge < -0.3 is 19.6 Å². The Bertz CT molecular complexity index is 1130. The van der Waals surface area contributed by atoms with Gasteiger partial charge in [0.15, 0.2) is 5.16 Å². The molecule has 3 heterocycles. The molecule has 38 heavy (non-hydrogen) atoms. The summed E-state index contributed by atoms with van der Waals surface area (Å²) < 4.78 is 0. The minimum Gasteiger partial charge on any atom is -0.353 e. The Morgan fingerprint density at radius 3 is 2.32 bits per heavy atom. The zero-order chi connectivity index (χ0) is 27.4. The lowest BCUT2D eigenvalue weighted by atomic mass is 9.86. The van der Waals surface area contributed by atoms with Crippen molar-refractivity contribution in [2.75, 3.05) is 63.0 Å². The first-order valence-corrected chi connectivity index (χ1v) is 14.8. The van der Waals surface area contributed by atoms with Gasteiger partial charge in [-0.3, -0.25) is 9.59 Å². The summed E-state index contributed by atoms with van der Waals surface area (Å²) in [6.45, 7) is 17.0. The van der Waals surface area contributed by atoms with Gasteiger partial charge >= 0.3 is 0 Å². The quantitative estimate of drug-likeness (QED) is 0.301.